The zero-order valence-corrected chi connectivity index (χ0v) is 11.8. The number of rotatable bonds is 3. The molecule has 0 aliphatic rings. The summed E-state index contributed by atoms with van der Waals surface area (Å²) < 4.78 is 13.1. The van der Waals surface area contributed by atoms with Gasteiger partial charge in [-0.05, 0) is 41.5 Å². The molecular formula is C19H14FNO. The Kier molecular flexibility index (Phi) is 3.97. The summed E-state index contributed by atoms with van der Waals surface area (Å²) >= 11 is 0. The Morgan fingerprint density at radius 3 is 2.14 bits per heavy atom. The maximum absolute atomic E-state index is 13.1. The lowest BCUT2D eigenvalue weighted by Gasteiger charge is -2.06. The van der Waals surface area contributed by atoms with Gasteiger partial charge in [-0.2, -0.15) is 0 Å². The van der Waals surface area contributed by atoms with E-state index in [1.807, 2.05) is 42.5 Å². The number of hydrogen-bond acceptors (Lipinski definition) is 1. The third-order valence-corrected chi connectivity index (χ3v) is 3.34. The third-order valence-electron chi connectivity index (χ3n) is 3.34. The van der Waals surface area contributed by atoms with Gasteiger partial charge in [0, 0.05) is 11.3 Å². The molecule has 0 aliphatic heterocycles. The molecule has 0 heterocycles. The van der Waals surface area contributed by atoms with Gasteiger partial charge in [-0.25, -0.2) is 4.39 Å². The molecule has 3 aromatic rings. The second-order valence-corrected chi connectivity index (χ2v) is 4.91. The monoisotopic (exact) mass is 291 g/mol. The van der Waals surface area contributed by atoms with Crippen LogP contribution in [0.3, 0.4) is 0 Å². The van der Waals surface area contributed by atoms with Gasteiger partial charge in [-0.3, -0.25) is 4.79 Å². The highest BCUT2D eigenvalue weighted by Crippen LogP contribution is 2.20. The zero-order chi connectivity index (χ0) is 15.4. The lowest BCUT2D eigenvalue weighted by molar-refractivity contribution is 0.102. The van der Waals surface area contributed by atoms with Gasteiger partial charge in [0.2, 0.25) is 0 Å². The van der Waals surface area contributed by atoms with Crippen LogP contribution in [0.15, 0.2) is 78.9 Å². The van der Waals surface area contributed by atoms with Crippen LogP contribution < -0.4 is 5.32 Å². The van der Waals surface area contributed by atoms with E-state index in [1.165, 1.54) is 12.1 Å². The maximum Gasteiger partial charge on any atom is 0.255 e. The Balaban J connectivity index is 1.76. The number of nitrogens with one attached hydrogen (secondary N) is 1. The van der Waals surface area contributed by atoms with Gasteiger partial charge >= 0.3 is 0 Å². The highest BCUT2D eigenvalue weighted by molar-refractivity contribution is 6.04. The lowest BCUT2D eigenvalue weighted by Crippen LogP contribution is -2.11. The predicted octanol–water partition coefficient (Wildman–Crippen LogP) is 4.75. The standard InChI is InChI=1S/C19H14FNO/c20-17-7-4-8-18(13-17)21-19(22)16-11-9-15(10-12-16)14-5-2-1-3-6-14/h1-13H,(H,21,22). The van der Waals surface area contributed by atoms with Crippen molar-refractivity contribution in [2.75, 3.05) is 5.32 Å². The lowest BCUT2D eigenvalue weighted by atomic mass is 10.0. The van der Waals surface area contributed by atoms with Gasteiger partial charge < -0.3 is 5.32 Å². The number of carbonyl (C=O) groups excluding carboxylic acids is 1. The summed E-state index contributed by atoms with van der Waals surface area (Å²) in [6, 6.07) is 23.1. The van der Waals surface area contributed by atoms with Crippen LogP contribution in [0.5, 0.6) is 0 Å². The van der Waals surface area contributed by atoms with E-state index in [1.54, 1.807) is 24.3 Å². The van der Waals surface area contributed by atoms with Crippen LogP contribution in [0, 0.1) is 5.82 Å². The molecule has 3 rings (SSSR count). The maximum atomic E-state index is 13.1. The molecule has 0 bridgehead atoms. The molecule has 3 heteroatoms. The molecule has 2 nitrogen and oxygen atoms in total. The first-order valence-electron chi connectivity index (χ1n) is 6.95. The van der Waals surface area contributed by atoms with E-state index in [-0.39, 0.29) is 11.7 Å². The summed E-state index contributed by atoms with van der Waals surface area (Å²) in [7, 11) is 0. The van der Waals surface area contributed by atoms with E-state index < -0.39 is 0 Å². The summed E-state index contributed by atoms with van der Waals surface area (Å²) in [4.78, 5) is 12.1. The molecule has 1 amide bonds. The molecular weight excluding hydrogens is 277 g/mol. The molecule has 108 valence electrons. The van der Waals surface area contributed by atoms with Crippen molar-refractivity contribution >= 4 is 11.6 Å². The molecule has 0 saturated carbocycles. The average Bonchev–Trinajstić information content (AvgIpc) is 2.56. The van der Waals surface area contributed by atoms with Crippen molar-refractivity contribution < 1.29 is 9.18 Å². The highest BCUT2D eigenvalue weighted by Gasteiger charge is 2.07. The number of benzene rings is 3. The Labute approximate surface area is 128 Å². The smallest absolute Gasteiger partial charge is 0.255 e. The third kappa shape index (κ3) is 3.20. The molecule has 1 N–H and O–H groups in total. The van der Waals surface area contributed by atoms with Gasteiger partial charge in [0.15, 0.2) is 0 Å². The summed E-state index contributed by atoms with van der Waals surface area (Å²) in [5.41, 5.74) is 3.11. The molecule has 0 aliphatic carbocycles. The van der Waals surface area contributed by atoms with Crippen LogP contribution in [-0.4, -0.2) is 5.91 Å². The minimum absolute atomic E-state index is 0.259. The average molecular weight is 291 g/mol. The van der Waals surface area contributed by atoms with Crippen molar-refractivity contribution in [3.8, 4) is 11.1 Å². The summed E-state index contributed by atoms with van der Waals surface area (Å²) in [6.45, 7) is 0. The van der Waals surface area contributed by atoms with Gasteiger partial charge in [0.25, 0.3) is 5.91 Å². The van der Waals surface area contributed by atoms with Gasteiger partial charge in [0.05, 0.1) is 0 Å². The van der Waals surface area contributed by atoms with Crippen molar-refractivity contribution in [3.05, 3.63) is 90.2 Å². The molecule has 3 aromatic carbocycles. The molecule has 0 fully saturated rings. The molecule has 22 heavy (non-hydrogen) atoms. The fourth-order valence-electron chi connectivity index (χ4n) is 2.21. The van der Waals surface area contributed by atoms with E-state index >= 15 is 0 Å². The fourth-order valence-corrected chi connectivity index (χ4v) is 2.21. The molecule has 0 unspecified atom stereocenters. The van der Waals surface area contributed by atoms with Crippen LogP contribution >= 0.6 is 0 Å². The Bertz CT molecular complexity index is 782. The second kappa shape index (κ2) is 6.22. The van der Waals surface area contributed by atoms with E-state index in [0.717, 1.165) is 11.1 Å². The number of hydrogen-bond donors (Lipinski definition) is 1. The van der Waals surface area contributed by atoms with E-state index in [9.17, 15) is 9.18 Å². The van der Waals surface area contributed by atoms with Crippen LogP contribution in [0.1, 0.15) is 10.4 Å². The number of carbonyl (C=O) groups is 1. The SMILES string of the molecule is O=C(Nc1cccc(F)c1)c1ccc(-c2ccccc2)cc1. The molecule has 0 saturated heterocycles. The Morgan fingerprint density at radius 1 is 0.773 bits per heavy atom. The summed E-state index contributed by atoms with van der Waals surface area (Å²) in [5, 5.41) is 2.68. The van der Waals surface area contributed by atoms with Crippen molar-refractivity contribution in [1.82, 2.24) is 0 Å². The van der Waals surface area contributed by atoms with Gasteiger partial charge in [-0.15, -0.1) is 0 Å². The molecule has 0 radical (unpaired) electrons. The van der Waals surface area contributed by atoms with Crippen LogP contribution in [-0.2, 0) is 0 Å². The largest absolute Gasteiger partial charge is 0.322 e. The summed E-state index contributed by atoms with van der Waals surface area (Å²) in [6.07, 6.45) is 0. The van der Waals surface area contributed by atoms with Crippen molar-refractivity contribution in [2.24, 2.45) is 0 Å². The van der Waals surface area contributed by atoms with E-state index in [4.69, 9.17) is 0 Å². The quantitative estimate of drug-likeness (QED) is 0.741. The number of amides is 1. The number of anilines is 1. The second-order valence-electron chi connectivity index (χ2n) is 4.91. The Hall–Kier alpha value is -2.94. The predicted molar refractivity (Wildman–Crippen MR) is 86.2 cm³/mol. The van der Waals surface area contributed by atoms with Crippen molar-refractivity contribution in [2.45, 2.75) is 0 Å². The minimum atomic E-state index is -0.378. The molecule has 0 aromatic heterocycles. The van der Waals surface area contributed by atoms with Crippen LogP contribution in [0.25, 0.3) is 11.1 Å². The molecule has 0 atom stereocenters. The van der Waals surface area contributed by atoms with Crippen LogP contribution in [0.4, 0.5) is 10.1 Å². The van der Waals surface area contributed by atoms with Gasteiger partial charge in [-0.1, -0.05) is 48.5 Å². The van der Waals surface area contributed by atoms with E-state index in [0.29, 0.717) is 11.3 Å². The van der Waals surface area contributed by atoms with Crippen molar-refractivity contribution in [1.29, 1.82) is 0 Å². The first-order chi connectivity index (χ1) is 10.7. The zero-order valence-electron chi connectivity index (χ0n) is 11.8. The highest BCUT2D eigenvalue weighted by atomic mass is 19.1. The van der Waals surface area contributed by atoms with Crippen LogP contribution in [0.2, 0.25) is 0 Å². The fraction of sp³-hybridized carbons (Fsp3) is 0. The van der Waals surface area contributed by atoms with E-state index in [2.05, 4.69) is 5.32 Å². The normalized spacial score (nSPS) is 10.2. The van der Waals surface area contributed by atoms with Gasteiger partial charge in [0.1, 0.15) is 5.82 Å². The first kappa shape index (κ1) is 14.0. The summed E-state index contributed by atoms with van der Waals surface area (Å²) in [5.74, 6) is -0.637. The molecule has 0 spiro atoms. The van der Waals surface area contributed by atoms with Crippen molar-refractivity contribution in [3.63, 3.8) is 0 Å². The Morgan fingerprint density at radius 2 is 1.45 bits per heavy atom. The number of halogens is 1. The topological polar surface area (TPSA) is 29.1 Å². The first-order valence-corrected chi connectivity index (χ1v) is 6.95. The minimum Gasteiger partial charge on any atom is -0.322 e.